The second-order valence-corrected chi connectivity index (χ2v) is 4.75. The van der Waals surface area contributed by atoms with Crippen LogP contribution < -0.4 is 0 Å². The fourth-order valence-electron chi connectivity index (χ4n) is 1.90. The van der Waals surface area contributed by atoms with E-state index in [0.717, 1.165) is 16.7 Å². The van der Waals surface area contributed by atoms with Crippen molar-refractivity contribution in [3.63, 3.8) is 0 Å². The van der Waals surface area contributed by atoms with Gasteiger partial charge in [0.25, 0.3) is 5.91 Å². The standard InChI is InChI=1S/C11H9NO3S/c13-10-7-3-1-2-4-9(7)16-11(14)8-5-15-6-12(8)10/h1-4,8H,5-6H2/t8-/m0/s1. The van der Waals surface area contributed by atoms with Gasteiger partial charge in [-0.3, -0.25) is 9.59 Å². The zero-order valence-electron chi connectivity index (χ0n) is 8.38. The Morgan fingerprint density at radius 1 is 1.31 bits per heavy atom. The molecule has 0 aromatic heterocycles. The van der Waals surface area contributed by atoms with Crippen molar-refractivity contribution in [3.05, 3.63) is 29.8 Å². The Morgan fingerprint density at radius 2 is 2.12 bits per heavy atom. The van der Waals surface area contributed by atoms with Gasteiger partial charge in [-0.2, -0.15) is 0 Å². The van der Waals surface area contributed by atoms with Crippen LogP contribution in [0.4, 0.5) is 0 Å². The van der Waals surface area contributed by atoms with Crippen molar-refractivity contribution >= 4 is 22.8 Å². The fraction of sp³-hybridized carbons (Fsp3) is 0.273. The highest BCUT2D eigenvalue weighted by atomic mass is 32.2. The summed E-state index contributed by atoms with van der Waals surface area (Å²) >= 11 is 1.13. The van der Waals surface area contributed by atoms with Crippen molar-refractivity contribution in [2.45, 2.75) is 10.9 Å². The SMILES string of the molecule is O=C1Sc2ccccc2C(=O)N2COC[C@@H]12. The van der Waals surface area contributed by atoms with Gasteiger partial charge in [0.2, 0.25) is 5.12 Å². The molecular formula is C11H9NO3S. The molecule has 1 fully saturated rings. The van der Waals surface area contributed by atoms with Crippen LogP contribution in [0.2, 0.25) is 0 Å². The lowest BCUT2D eigenvalue weighted by molar-refractivity contribution is -0.114. The average Bonchev–Trinajstić information content (AvgIpc) is 2.74. The Morgan fingerprint density at radius 3 is 3.00 bits per heavy atom. The van der Waals surface area contributed by atoms with Crippen molar-refractivity contribution < 1.29 is 14.3 Å². The van der Waals surface area contributed by atoms with E-state index in [4.69, 9.17) is 4.74 Å². The van der Waals surface area contributed by atoms with Gasteiger partial charge in [0.1, 0.15) is 12.8 Å². The van der Waals surface area contributed by atoms with Gasteiger partial charge in [-0.25, -0.2) is 0 Å². The van der Waals surface area contributed by atoms with E-state index in [1.165, 1.54) is 4.90 Å². The number of thioether (sulfide) groups is 1. The third kappa shape index (κ3) is 1.36. The van der Waals surface area contributed by atoms with Crippen LogP contribution in [0.15, 0.2) is 29.2 Å². The van der Waals surface area contributed by atoms with Crippen LogP contribution >= 0.6 is 11.8 Å². The predicted octanol–water partition coefficient (Wildman–Crippen LogP) is 1.12. The Bertz CT molecular complexity index is 474. The molecule has 0 N–H and O–H groups in total. The summed E-state index contributed by atoms with van der Waals surface area (Å²) in [6.45, 7) is 0.524. The number of hydrogen-bond donors (Lipinski definition) is 0. The van der Waals surface area contributed by atoms with Crippen LogP contribution in [0.3, 0.4) is 0 Å². The lowest BCUT2D eigenvalue weighted by Gasteiger charge is -2.17. The molecule has 1 saturated heterocycles. The van der Waals surface area contributed by atoms with Crippen LogP contribution in [-0.4, -0.2) is 35.3 Å². The van der Waals surface area contributed by atoms with Crippen LogP contribution in [0, 0.1) is 0 Å². The summed E-state index contributed by atoms with van der Waals surface area (Å²) in [5.41, 5.74) is 0.592. The number of amides is 1. The number of fused-ring (bicyclic) bond motifs is 2. The number of carbonyl (C=O) groups is 2. The topological polar surface area (TPSA) is 46.6 Å². The molecule has 82 valence electrons. The monoisotopic (exact) mass is 235 g/mol. The predicted molar refractivity (Wildman–Crippen MR) is 58.1 cm³/mol. The number of rotatable bonds is 0. The lowest BCUT2D eigenvalue weighted by atomic mass is 10.2. The molecule has 2 aliphatic rings. The summed E-state index contributed by atoms with van der Waals surface area (Å²) in [5, 5.41) is -0.0178. The van der Waals surface area contributed by atoms with Crippen molar-refractivity contribution in [3.8, 4) is 0 Å². The van der Waals surface area contributed by atoms with E-state index in [2.05, 4.69) is 0 Å². The van der Waals surface area contributed by atoms with Crippen LogP contribution in [0.25, 0.3) is 0 Å². The Hall–Kier alpha value is -1.33. The first-order valence-corrected chi connectivity index (χ1v) is 5.78. The third-order valence-corrected chi connectivity index (χ3v) is 3.79. The van der Waals surface area contributed by atoms with Crippen LogP contribution in [0.5, 0.6) is 0 Å². The number of carbonyl (C=O) groups excluding carboxylic acids is 2. The van der Waals surface area contributed by atoms with E-state index in [1.54, 1.807) is 18.2 Å². The highest BCUT2D eigenvalue weighted by molar-refractivity contribution is 8.13. The smallest absolute Gasteiger partial charge is 0.257 e. The van der Waals surface area contributed by atoms with Crippen LogP contribution in [-0.2, 0) is 9.53 Å². The van der Waals surface area contributed by atoms with Crippen molar-refractivity contribution in [1.29, 1.82) is 0 Å². The molecule has 0 unspecified atom stereocenters. The number of ether oxygens (including phenoxy) is 1. The number of hydrogen-bond acceptors (Lipinski definition) is 4. The Kier molecular flexibility index (Phi) is 2.22. The molecule has 0 spiro atoms. The molecule has 2 aliphatic heterocycles. The minimum atomic E-state index is -0.426. The first kappa shape index (κ1) is 9.86. The maximum Gasteiger partial charge on any atom is 0.257 e. The molecule has 5 heteroatoms. The molecule has 4 nitrogen and oxygen atoms in total. The summed E-state index contributed by atoms with van der Waals surface area (Å²) in [5.74, 6) is -0.114. The van der Waals surface area contributed by atoms with Crippen molar-refractivity contribution in [1.82, 2.24) is 4.90 Å². The first-order chi connectivity index (χ1) is 7.77. The number of benzene rings is 1. The van der Waals surface area contributed by atoms with E-state index >= 15 is 0 Å². The molecular weight excluding hydrogens is 226 g/mol. The second-order valence-electron chi connectivity index (χ2n) is 3.71. The van der Waals surface area contributed by atoms with E-state index in [9.17, 15) is 9.59 Å². The van der Waals surface area contributed by atoms with E-state index < -0.39 is 6.04 Å². The summed E-state index contributed by atoms with van der Waals surface area (Å²) < 4.78 is 5.17. The number of nitrogens with zero attached hydrogens (tertiary/aromatic N) is 1. The maximum atomic E-state index is 12.1. The van der Waals surface area contributed by atoms with Crippen molar-refractivity contribution in [2.24, 2.45) is 0 Å². The molecule has 0 aliphatic carbocycles. The molecule has 0 radical (unpaired) electrons. The third-order valence-electron chi connectivity index (χ3n) is 2.74. The molecule has 1 aromatic rings. The molecule has 1 amide bonds. The van der Waals surface area contributed by atoms with Gasteiger partial charge in [0.15, 0.2) is 0 Å². The lowest BCUT2D eigenvalue weighted by Crippen LogP contribution is -2.39. The van der Waals surface area contributed by atoms with Gasteiger partial charge in [0, 0.05) is 4.90 Å². The quantitative estimate of drug-likeness (QED) is 0.676. The average molecular weight is 235 g/mol. The summed E-state index contributed by atoms with van der Waals surface area (Å²) in [7, 11) is 0. The Balaban J connectivity index is 2.11. The largest absolute Gasteiger partial charge is 0.358 e. The fourth-order valence-corrected chi connectivity index (χ4v) is 2.86. The highest BCUT2D eigenvalue weighted by Gasteiger charge is 2.39. The zero-order chi connectivity index (χ0) is 11.1. The van der Waals surface area contributed by atoms with Gasteiger partial charge in [-0.15, -0.1) is 0 Å². The zero-order valence-corrected chi connectivity index (χ0v) is 9.20. The maximum absolute atomic E-state index is 12.1. The normalized spacial score (nSPS) is 24.0. The molecule has 16 heavy (non-hydrogen) atoms. The van der Waals surface area contributed by atoms with Gasteiger partial charge >= 0.3 is 0 Å². The van der Waals surface area contributed by atoms with Gasteiger partial charge in [-0.05, 0) is 23.9 Å². The molecule has 0 saturated carbocycles. The van der Waals surface area contributed by atoms with E-state index in [1.807, 2.05) is 6.07 Å². The summed E-state index contributed by atoms with van der Waals surface area (Å²) in [4.78, 5) is 26.3. The molecule has 3 rings (SSSR count). The molecule has 1 atom stereocenters. The van der Waals surface area contributed by atoms with Gasteiger partial charge in [0.05, 0.1) is 12.2 Å². The molecule has 1 aromatic carbocycles. The first-order valence-electron chi connectivity index (χ1n) is 4.97. The minimum absolute atomic E-state index is 0.0178. The second kappa shape index (κ2) is 3.61. The summed E-state index contributed by atoms with van der Waals surface area (Å²) in [6.07, 6.45) is 0. The van der Waals surface area contributed by atoms with Crippen molar-refractivity contribution in [2.75, 3.05) is 13.3 Å². The highest BCUT2D eigenvalue weighted by Crippen LogP contribution is 2.32. The minimum Gasteiger partial charge on any atom is -0.358 e. The summed E-state index contributed by atoms with van der Waals surface area (Å²) in [6, 6.07) is 6.76. The van der Waals surface area contributed by atoms with E-state index in [-0.39, 0.29) is 17.8 Å². The van der Waals surface area contributed by atoms with E-state index in [0.29, 0.717) is 12.2 Å². The van der Waals surface area contributed by atoms with Gasteiger partial charge in [-0.1, -0.05) is 12.1 Å². The molecule has 0 bridgehead atoms. The molecule has 2 heterocycles. The Labute approximate surface area is 96.6 Å². The van der Waals surface area contributed by atoms with Crippen LogP contribution in [0.1, 0.15) is 10.4 Å². The van der Waals surface area contributed by atoms with Gasteiger partial charge < -0.3 is 9.64 Å².